The van der Waals surface area contributed by atoms with Crippen LogP contribution in [0.4, 0.5) is 15.8 Å². The molecule has 1 amide bonds. The molecule has 0 fully saturated rings. The zero-order valence-electron chi connectivity index (χ0n) is 11.5. The molecule has 1 aliphatic heterocycles. The van der Waals surface area contributed by atoms with Crippen LogP contribution < -0.4 is 10.0 Å². The predicted molar refractivity (Wildman–Crippen MR) is 81.4 cm³/mol. The second-order valence-electron chi connectivity index (χ2n) is 5.05. The topological polar surface area (TPSA) is 75.3 Å². The van der Waals surface area contributed by atoms with Gasteiger partial charge in [-0.25, -0.2) is 12.8 Å². The Kier molecular flexibility index (Phi) is 3.58. The highest BCUT2D eigenvalue weighted by atomic mass is 32.2. The van der Waals surface area contributed by atoms with Crippen LogP contribution in [-0.2, 0) is 27.0 Å². The molecule has 114 valence electrons. The van der Waals surface area contributed by atoms with Gasteiger partial charge in [0, 0.05) is 16.9 Å². The summed E-state index contributed by atoms with van der Waals surface area (Å²) in [5.41, 5.74) is 1.87. The van der Waals surface area contributed by atoms with E-state index < -0.39 is 21.6 Å². The molecular formula is C15H13FN2O3S. The summed E-state index contributed by atoms with van der Waals surface area (Å²) in [5, 5.41) is 2.67. The number of halogens is 1. The van der Waals surface area contributed by atoms with Crippen molar-refractivity contribution in [3.8, 4) is 0 Å². The molecule has 2 aromatic carbocycles. The Labute approximate surface area is 127 Å². The van der Waals surface area contributed by atoms with Crippen molar-refractivity contribution in [2.24, 2.45) is 0 Å². The van der Waals surface area contributed by atoms with Gasteiger partial charge in [0.2, 0.25) is 15.9 Å². The van der Waals surface area contributed by atoms with Gasteiger partial charge in [-0.15, -0.1) is 0 Å². The molecule has 0 bridgehead atoms. The van der Waals surface area contributed by atoms with Crippen LogP contribution in [0.15, 0.2) is 42.5 Å². The van der Waals surface area contributed by atoms with Crippen molar-refractivity contribution in [1.82, 2.24) is 0 Å². The van der Waals surface area contributed by atoms with Crippen LogP contribution in [0.2, 0.25) is 0 Å². The van der Waals surface area contributed by atoms with Gasteiger partial charge in [0.15, 0.2) is 0 Å². The van der Waals surface area contributed by atoms with E-state index in [9.17, 15) is 17.6 Å². The normalized spacial score (nSPS) is 13.6. The van der Waals surface area contributed by atoms with Crippen LogP contribution in [0.25, 0.3) is 0 Å². The molecule has 1 heterocycles. The number of sulfonamides is 1. The Morgan fingerprint density at radius 1 is 1.18 bits per heavy atom. The van der Waals surface area contributed by atoms with Crippen molar-refractivity contribution in [1.29, 1.82) is 0 Å². The Morgan fingerprint density at radius 3 is 2.73 bits per heavy atom. The van der Waals surface area contributed by atoms with Crippen LogP contribution in [0.1, 0.15) is 11.1 Å². The number of rotatable bonds is 4. The van der Waals surface area contributed by atoms with E-state index in [-0.39, 0.29) is 17.9 Å². The third kappa shape index (κ3) is 3.09. The highest BCUT2D eigenvalue weighted by Gasteiger charge is 2.19. The van der Waals surface area contributed by atoms with Crippen molar-refractivity contribution in [2.45, 2.75) is 12.2 Å². The zero-order valence-corrected chi connectivity index (χ0v) is 12.3. The molecule has 0 unspecified atom stereocenters. The average molecular weight is 320 g/mol. The molecule has 1 aliphatic rings. The van der Waals surface area contributed by atoms with Crippen molar-refractivity contribution >= 4 is 27.3 Å². The minimum absolute atomic E-state index is 0.105. The summed E-state index contributed by atoms with van der Waals surface area (Å²) >= 11 is 0. The maximum atomic E-state index is 13.5. The van der Waals surface area contributed by atoms with Crippen LogP contribution in [-0.4, -0.2) is 14.3 Å². The third-order valence-corrected chi connectivity index (χ3v) is 4.54. The molecule has 0 spiro atoms. The fraction of sp³-hybridized carbons (Fsp3) is 0.133. The lowest BCUT2D eigenvalue weighted by Gasteiger charge is -2.10. The van der Waals surface area contributed by atoms with Gasteiger partial charge >= 0.3 is 0 Å². The molecule has 7 heteroatoms. The largest absolute Gasteiger partial charge is 0.326 e. The molecule has 0 saturated carbocycles. The molecule has 0 saturated heterocycles. The van der Waals surface area contributed by atoms with E-state index in [1.54, 1.807) is 24.3 Å². The van der Waals surface area contributed by atoms with Crippen molar-refractivity contribution in [3.63, 3.8) is 0 Å². The van der Waals surface area contributed by atoms with E-state index in [1.165, 1.54) is 18.2 Å². The highest BCUT2D eigenvalue weighted by molar-refractivity contribution is 7.91. The van der Waals surface area contributed by atoms with Crippen LogP contribution >= 0.6 is 0 Å². The van der Waals surface area contributed by atoms with E-state index >= 15 is 0 Å². The highest BCUT2D eigenvalue weighted by Crippen LogP contribution is 2.26. The number of hydrogen-bond acceptors (Lipinski definition) is 3. The molecule has 5 nitrogen and oxygen atoms in total. The fourth-order valence-corrected chi connectivity index (χ4v) is 3.53. The van der Waals surface area contributed by atoms with Crippen LogP contribution in [0.3, 0.4) is 0 Å². The maximum absolute atomic E-state index is 13.5. The number of amides is 1. The lowest BCUT2D eigenvalue weighted by molar-refractivity contribution is -0.115. The Bertz CT molecular complexity index is 850. The first-order valence-corrected chi connectivity index (χ1v) is 8.25. The van der Waals surface area contributed by atoms with Crippen molar-refractivity contribution in [3.05, 3.63) is 59.4 Å². The van der Waals surface area contributed by atoms with Gasteiger partial charge in [-0.3, -0.25) is 9.52 Å². The third-order valence-electron chi connectivity index (χ3n) is 3.31. The first-order chi connectivity index (χ1) is 10.4. The number of benzene rings is 2. The fourth-order valence-electron chi connectivity index (χ4n) is 2.33. The Balaban J connectivity index is 1.79. The van der Waals surface area contributed by atoms with Crippen LogP contribution in [0.5, 0.6) is 0 Å². The second kappa shape index (κ2) is 5.42. The van der Waals surface area contributed by atoms with Gasteiger partial charge in [-0.2, -0.15) is 0 Å². The van der Waals surface area contributed by atoms with Gasteiger partial charge in [0.25, 0.3) is 0 Å². The summed E-state index contributed by atoms with van der Waals surface area (Å²) in [5.74, 6) is -1.13. The number of fused-ring (bicyclic) bond motifs is 1. The number of carbonyl (C=O) groups is 1. The molecule has 0 radical (unpaired) electrons. The first kappa shape index (κ1) is 14.5. The van der Waals surface area contributed by atoms with Crippen molar-refractivity contribution in [2.75, 3.05) is 10.0 Å². The van der Waals surface area contributed by atoms with Crippen LogP contribution in [0, 0.1) is 5.82 Å². The maximum Gasteiger partial charge on any atom is 0.237 e. The van der Waals surface area contributed by atoms with Gasteiger partial charge in [-0.05, 0) is 29.8 Å². The zero-order chi connectivity index (χ0) is 15.7. The summed E-state index contributed by atoms with van der Waals surface area (Å²) in [7, 11) is -3.74. The molecule has 3 rings (SSSR count). The van der Waals surface area contributed by atoms with E-state index in [4.69, 9.17) is 0 Å². The lowest BCUT2D eigenvalue weighted by Crippen LogP contribution is -2.15. The number of hydrogen-bond donors (Lipinski definition) is 2. The molecule has 0 aromatic heterocycles. The summed E-state index contributed by atoms with van der Waals surface area (Å²) in [6.07, 6.45) is 0.220. The van der Waals surface area contributed by atoms with E-state index in [0.717, 1.165) is 5.56 Å². The first-order valence-electron chi connectivity index (χ1n) is 6.60. The lowest BCUT2D eigenvalue weighted by atomic mass is 10.1. The van der Waals surface area contributed by atoms with Gasteiger partial charge in [0.1, 0.15) is 5.82 Å². The van der Waals surface area contributed by atoms with Gasteiger partial charge in [0.05, 0.1) is 12.2 Å². The quantitative estimate of drug-likeness (QED) is 0.907. The van der Waals surface area contributed by atoms with E-state index in [0.29, 0.717) is 11.4 Å². The Morgan fingerprint density at radius 2 is 1.95 bits per heavy atom. The summed E-state index contributed by atoms with van der Waals surface area (Å²) in [6, 6.07) is 10.5. The molecule has 0 atom stereocenters. The SMILES string of the molecule is O=C1Cc2cc(NS(=O)(=O)Cc3ccccc3F)ccc2N1. The minimum atomic E-state index is -3.74. The predicted octanol–water partition coefficient (Wildman–Crippen LogP) is 2.26. The molecule has 0 aliphatic carbocycles. The summed E-state index contributed by atoms with van der Waals surface area (Å²) in [6.45, 7) is 0. The Hall–Kier alpha value is -2.41. The van der Waals surface area contributed by atoms with Crippen molar-refractivity contribution < 1.29 is 17.6 Å². The molecular weight excluding hydrogens is 307 g/mol. The number of carbonyl (C=O) groups excluding carboxylic acids is 1. The summed E-state index contributed by atoms with van der Waals surface area (Å²) in [4.78, 5) is 11.3. The molecule has 2 aromatic rings. The summed E-state index contributed by atoms with van der Waals surface area (Å²) < 4.78 is 40.2. The molecule has 2 N–H and O–H groups in total. The monoisotopic (exact) mass is 320 g/mol. The standard InChI is InChI=1S/C15H13FN2O3S/c16-13-4-2-1-3-10(13)9-22(20,21)18-12-5-6-14-11(7-12)8-15(19)17-14/h1-7,18H,8-9H2,(H,17,19). The molecule has 22 heavy (non-hydrogen) atoms. The average Bonchev–Trinajstić information content (AvgIpc) is 2.80. The smallest absolute Gasteiger partial charge is 0.237 e. The minimum Gasteiger partial charge on any atom is -0.326 e. The van der Waals surface area contributed by atoms with Gasteiger partial charge < -0.3 is 5.32 Å². The number of anilines is 2. The van der Waals surface area contributed by atoms with E-state index in [2.05, 4.69) is 10.0 Å². The van der Waals surface area contributed by atoms with E-state index in [1.807, 2.05) is 0 Å². The second-order valence-corrected chi connectivity index (χ2v) is 6.77. The van der Waals surface area contributed by atoms with Gasteiger partial charge in [-0.1, -0.05) is 18.2 Å². The number of nitrogens with one attached hydrogen (secondary N) is 2.